The van der Waals surface area contributed by atoms with Crippen LogP contribution in [-0.2, 0) is 0 Å². The molecule has 1 aromatic rings. The molecule has 0 aliphatic carbocycles. The van der Waals surface area contributed by atoms with Gasteiger partial charge in [0.2, 0.25) is 0 Å². The molecule has 0 atom stereocenters. The molecule has 4 heteroatoms. The monoisotopic (exact) mass is 192 g/mol. The van der Waals surface area contributed by atoms with E-state index in [1.54, 1.807) is 18.2 Å². The van der Waals surface area contributed by atoms with Crippen molar-refractivity contribution in [3.8, 4) is 5.75 Å². The Labute approximate surface area is 82.1 Å². The van der Waals surface area contributed by atoms with Crippen LogP contribution in [0.3, 0.4) is 0 Å². The predicted molar refractivity (Wildman–Crippen MR) is 52.2 cm³/mol. The molecule has 0 radical (unpaired) electrons. The molecule has 3 N–H and O–H groups in total. The van der Waals surface area contributed by atoms with Crippen LogP contribution in [0.1, 0.15) is 10.4 Å². The maximum atomic E-state index is 11.0. The van der Waals surface area contributed by atoms with E-state index in [0.29, 0.717) is 11.3 Å². The summed E-state index contributed by atoms with van der Waals surface area (Å²) in [4.78, 5) is 11.0. The smallest absolute Gasteiger partial charge is 0.252 e. The van der Waals surface area contributed by atoms with Gasteiger partial charge in [0.1, 0.15) is 11.9 Å². The van der Waals surface area contributed by atoms with E-state index in [1.807, 2.05) is 6.07 Å². The van der Waals surface area contributed by atoms with Crippen LogP contribution < -0.4 is 15.8 Å². The van der Waals surface area contributed by atoms with E-state index in [-0.39, 0.29) is 6.10 Å². The van der Waals surface area contributed by atoms with Gasteiger partial charge in [-0.3, -0.25) is 4.79 Å². The van der Waals surface area contributed by atoms with Crippen molar-refractivity contribution in [2.45, 2.75) is 6.10 Å². The minimum Gasteiger partial charge on any atom is -0.487 e. The highest BCUT2D eigenvalue weighted by Gasteiger charge is 2.20. The van der Waals surface area contributed by atoms with Crippen molar-refractivity contribution in [3.63, 3.8) is 0 Å². The number of nitrogens with one attached hydrogen (secondary N) is 1. The lowest BCUT2D eigenvalue weighted by Crippen LogP contribution is -2.50. The zero-order chi connectivity index (χ0) is 9.97. The lowest BCUT2D eigenvalue weighted by Gasteiger charge is -2.28. The van der Waals surface area contributed by atoms with Gasteiger partial charge in [0, 0.05) is 13.1 Å². The number of carbonyl (C=O) groups excluding carboxylic acids is 1. The molecule has 0 bridgehead atoms. The minimum absolute atomic E-state index is 0.162. The summed E-state index contributed by atoms with van der Waals surface area (Å²) in [5.74, 6) is 0.124. The molecular formula is C10H12N2O2. The van der Waals surface area contributed by atoms with Crippen LogP contribution in [0.4, 0.5) is 0 Å². The average Bonchev–Trinajstić information content (AvgIpc) is 2.12. The Kier molecular flexibility index (Phi) is 2.37. The molecule has 1 fully saturated rings. The summed E-state index contributed by atoms with van der Waals surface area (Å²) < 4.78 is 5.58. The molecule has 1 saturated heterocycles. The Morgan fingerprint density at radius 2 is 2.14 bits per heavy atom. The van der Waals surface area contributed by atoms with Gasteiger partial charge in [-0.15, -0.1) is 0 Å². The second kappa shape index (κ2) is 3.67. The van der Waals surface area contributed by atoms with Crippen molar-refractivity contribution >= 4 is 5.91 Å². The fraction of sp³-hybridized carbons (Fsp3) is 0.300. The van der Waals surface area contributed by atoms with Crippen LogP contribution >= 0.6 is 0 Å². The van der Waals surface area contributed by atoms with Crippen molar-refractivity contribution in [1.29, 1.82) is 0 Å². The van der Waals surface area contributed by atoms with Gasteiger partial charge in [0.15, 0.2) is 0 Å². The predicted octanol–water partition coefficient (Wildman–Crippen LogP) is 0.136. The quantitative estimate of drug-likeness (QED) is 0.715. The van der Waals surface area contributed by atoms with Crippen LogP contribution in [0, 0.1) is 0 Å². The van der Waals surface area contributed by atoms with Gasteiger partial charge in [-0.05, 0) is 12.1 Å². The van der Waals surface area contributed by atoms with E-state index < -0.39 is 5.91 Å². The topological polar surface area (TPSA) is 64.4 Å². The van der Waals surface area contributed by atoms with E-state index in [0.717, 1.165) is 13.1 Å². The minimum atomic E-state index is -0.451. The first kappa shape index (κ1) is 9.02. The fourth-order valence-corrected chi connectivity index (χ4v) is 1.30. The molecule has 1 amide bonds. The number of hydrogen-bond acceptors (Lipinski definition) is 3. The second-order valence-corrected chi connectivity index (χ2v) is 3.26. The van der Waals surface area contributed by atoms with Crippen molar-refractivity contribution in [2.75, 3.05) is 13.1 Å². The standard InChI is InChI=1S/C10H12N2O2/c11-10(13)8-3-1-2-4-9(8)14-7-5-12-6-7/h1-4,7,12H,5-6H2,(H2,11,13). The highest BCUT2D eigenvalue weighted by atomic mass is 16.5. The number of para-hydroxylation sites is 1. The van der Waals surface area contributed by atoms with Crippen molar-refractivity contribution < 1.29 is 9.53 Å². The first-order valence-electron chi connectivity index (χ1n) is 4.53. The molecule has 1 heterocycles. The van der Waals surface area contributed by atoms with Gasteiger partial charge < -0.3 is 15.8 Å². The lowest BCUT2D eigenvalue weighted by atomic mass is 10.1. The van der Waals surface area contributed by atoms with Crippen LogP contribution in [0.2, 0.25) is 0 Å². The molecule has 1 aliphatic rings. The third kappa shape index (κ3) is 1.70. The molecule has 2 rings (SSSR count). The maximum Gasteiger partial charge on any atom is 0.252 e. The molecule has 14 heavy (non-hydrogen) atoms. The second-order valence-electron chi connectivity index (χ2n) is 3.26. The summed E-state index contributed by atoms with van der Waals surface area (Å²) in [7, 11) is 0. The number of benzene rings is 1. The summed E-state index contributed by atoms with van der Waals surface area (Å²) in [6.07, 6.45) is 0.162. The number of hydrogen-bond donors (Lipinski definition) is 2. The number of nitrogens with two attached hydrogens (primary N) is 1. The number of rotatable bonds is 3. The van der Waals surface area contributed by atoms with E-state index in [1.165, 1.54) is 0 Å². The van der Waals surface area contributed by atoms with E-state index in [9.17, 15) is 4.79 Å². The van der Waals surface area contributed by atoms with Gasteiger partial charge in [-0.1, -0.05) is 12.1 Å². The van der Waals surface area contributed by atoms with Gasteiger partial charge in [-0.2, -0.15) is 0 Å². The zero-order valence-electron chi connectivity index (χ0n) is 7.69. The number of amides is 1. The first-order valence-corrected chi connectivity index (χ1v) is 4.53. The molecule has 1 aliphatic heterocycles. The van der Waals surface area contributed by atoms with E-state index in [2.05, 4.69) is 5.32 Å². The molecular weight excluding hydrogens is 180 g/mol. The summed E-state index contributed by atoms with van der Waals surface area (Å²) in [6, 6.07) is 7.03. The van der Waals surface area contributed by atoms with Crippen molar-refractivity contribution in [1.82, 2.24) is 5.32 Å². The summed E-state index contributed by atoms with van der Waals surface area (Å²) >= 11 is 0. The van der Waals surface area contributed by atoms with Gasteiger partial charge >= 0.3 is 0 Å². The molecule has 0 aromatic heterocycles. The zero-order valence-corrected chi connectivity index (χ0v) is 7.69. The van der Waals surface area contributed by atoms with Crippen LogP contribution in [0.5, 0.6) is 5.75 Å². The molecule has 74 valence electrons. The highest BCUT2D eigenvalue weighted by molar-refractivity contribution is 5.95. The van der Waals surface area contributed by atoms with Crippen LogP contribution in [-0.4, -0.2) is 25.1 Å². The van der Waals surface area contributed by atoms with Crippen LogP contribution in [0.15, 0.2) is 24.3 Å². The largest absolute Gasteiger partial charge is 0.487 e. The van der Waals surface area contributed by atoms with Crippen molar-refractivity contribution in [2.24, 2.45) is 5.73 Å². The SMILES string of the molecule is NC(=O)c1ccccc1OC1CNC1. The number of primary amides is 1. The number of carbonyl (C=O) groups is 1. The van der Waals surface area contributed by atoms with Gasteiger partial charge in [0.05, 0.1) is 5.56 Å². The Morgan fingerprint density at radius 3 is 2.71 bits per heavy atom. The Bertz CT molecular complexity index is 348. The van der Waals surface area contributed by atoms with Gasteiger partial charge in [0.25, 0.3) is 5.91 Å². The molecule has 0 spiro atoms. The Balaban J connectivity index is 2.17. The van der Waals surface area contributed by atoms with Gasteiger partial charge in [-0.25, -0.2) is 0 Å². The Morgan fingerprint density at radius 1 is 1.43 bits per heavy atom. The molecule has 1 aromatic carbocycles. The summed E-state index contributed by atoms with van der Waals surface area (Å²) in [5.41, 5.74) is 5.66. The Hall–Kier alpha value is -1.55. The van der Waals surface area contributed by atoms with E-state index >= 15 is 0 Å². The maximum absolute atomic E-state index is 11.0. The lowest BCUT2D eigenvalue weighted by molar-refractivity contribution is 0.0984. The average molecular weight is 192 g/mol. The van der Waals surface area contributed by atoms with E-state index in [4.69, 9.17) is 10.5 Å². The highest BCUT2D eigenvalue weighted by Crippen LogP contribution is 2.19. The van der Waals surface area contributed by atoms with Crippen LogP contribution in [0.25, 0.3) is 0 Å². The van der Waals surface area contributed by atoms with Crippen molar-refractivity contribution in [3.05, 3.63) is 29.8 Å². The molecule has 0 unspecified atom stereocenters. The summed E-state index contributed by atoms with van der Waals surface area (Å²) in [5, 5.41) is 3.09. The third-order valence-corrected chi connectivity index (χ3v) is 2.19. The fourth-order valence-electron chi connectivity index (χ4n) is 1.30. The summed E-state index contributed by atoms with van der Waals surface area (Å²) in [6.45, 7) is 1.65. The number of ether oxygens (including phenoxy) is 1. The molecule has 4 nitrogen and oxygen atoms in total. The molecule has 0 saturated carbocycles. The first-order chi connectivity index (χ1) is 6.77. The normalized spacial score (nSPS) is 16.0. The third-order valence-electron chi connectivity index (χ3n) is 2.19.